The highest BCUT2D eigenvalue weighted by molar-refractivity contribution is 9.10. The number of carbonyl (C=O) groups excluding carboxylic acids is 1. The number of carbonyl (C=O) groups is 1. The number of hydrogen-bond acceptors (Lipinski definition) is 4. The summed E-state index contributed by atoms with van der Waals surface area (Å²) < 4.78 is 36.6. The van der Waals surface area contributed by atoms with Crippen molar-refractivity contribution < 1.29 is 17.9 Å². The van der Waals surface area contributed by atoms with Crippen LogP contribution in [-0.2, 0) is 19.4 Å². The standard InChI is InChI=1S/C35H26BrNO4S/c36-28-21-23-30(24-22-28)42(39,40)34-31(25-13-5-1-6-14-25)37(29-19-11-4-12-20-29)35(38)33(34)41-32(26-15-7-2-8-16-26)27-17-9-3-10-18-27/h1-24,31-32H/t31-/m0/s1. The van der Waals surface area contributed by atoms with Crippen molar-refractivity contribution in [2.45, 2.75) is 17.0 Å². The summed E-state index contributed by atoms with van der Waals surface area (Å²) in [5, 5.41) is 0. The fourth-order valence-corrected chi connectivity index (χ4v) is 7.11. The monoisotopic (exact) mass is 635 g/mol. The van der Waals surface area contributed by atoms with Crippen LogP contribution >= 0.6 is 15.9 Å². The zero-order chi connectivity index (χ0) is 29.1. The lowest BCUT2D eigenvalue weighted by molar-refractivity contribution is -0.118. The molecular weight excluding hydrogens is 610 g/mol. The maximum absolute atomic E-state index is 14.6. The van der Waals surface area contributed by atoms with Gasteiger partial charge in [0.25, 0.3) is 5.91 Å². The molecule has 208 valence electrons. The zero-order valence-electron chi connectivity index (χ0n) is 22.4. The van der Waals surface area contributed by atoms with Crippen molar-refractivity contribution in [2.75, 3.05) is 4.90 Å². The lowest BCUT2D eigenvalue weighted by Gasteiger charge is -2.27. The Kier molecular flexibility index (Phi) is 7.78. The van der Waals surface area contributed by atoms with Crippen LogP contribution in [0.5, 0.6) is 0 Å². The molecule has 6 rings (SSSR count). The third-order valence-electron chi connectivity index (χ3n) is 7.15. The molecule has 1 aliphatic heterocycles. The summed E-state index contributed by atoms with van der Waals surface area (Å²) in [5.41, 5.74) is 2.80. The van der Waals surface area contributed by atoms with Crippen LogP contribution in [0.3, 0.4) is 0 Å². The third-order valence-corrected chi connectivity index (χ3v) is 9.56. The molecule has 1 aliphatic rings. The molecule has 0 saturated heterocycles. The van der Waals surface area contributed by atoms with E-state index in [9.17, 15) is 13.2 Å². The quantitative estimate of drug-likeness (QED) is 0.173. The minimum absolute atomic E-state index is 0.0708. The van der Waals surface area contributed by atoms with Gasteiger partial charge in [0.05, 0.1) is 4.90 Å². The molecule has 0 fully saturated rings. The SMILES string of the molecule is O=C1C(OC(c2ccccc2)c2ccccc2)=C(S(=O)(=O)c2ccc(Br)cc2)[C@H](c2ccccc2)N1c1ccccc1. The Bertz CT molecular complexity index is 1790. The fourth-order valence-electron chi connectivity index (χ4n) is 5.18. The molecule has 0 unspecified atom stereocenters. The average molecular weight is 637 g/mol. The normalized spacial score (nSPS) is 15.3. The number of halogens is 1. The van der Waals surface area contributed by atoms with Crippen molar-refractivity contribution in [1.29, 1.82) is 0 Å². The van der Waals surface area contributed by atoms with Gasteiger partial charge in [0.15, 0.2) is 0 Å². The lowest BCUT2D eigenvalue weighted by Crippen LogP contribution is -2.31. The van der Waals surface area contributed by atoms with E-state index in [0.717, 1.165) is 15.6 Å². The van der Waals surface area contributed by atoms with Gasteiger partial charge in [-0.2, -0.15) is 0 Å². The lowest BCUT2D eigenvalue weighted by atomic mass is 10.0. The second-order valence-corrected chi connectivity index (χ2v) is 12.6. The number of amides is 1. The van der Waals surface area contributed by atoms with E-state index in [-0.39, 0.29) is 15.6 Å². The van der Waals surface area contributed by atoms with E-state index in [1.165, 1.54) is 17.0 Å². The maximum atomic E-state index is 14.6. The van der Waals surface area contributed by atoms with Crippen LogP contribution in [0.2, 0.25) is 0 Å². The second kappa shape index (κ2) is 11.8. The Balaban J connectivity index is 1.61. The Morgan fingerprint density at radius 2 is 1.12 bits per heavy atom. The molecule has 5 aromatic carbocycles. The Labute approximate surface area is 253 Å². The fraction of sp³-hybridized carbons (Fsp3) is 0.0571. The Hall–Kier alpha value is -4.46. The first-order valence-corrected chi connectivity index (χ1v) is 15.7. The van der Waals surface area contributed by atoms with Gasteiger partial charge in [-0.05, 0) is 53.1 Å². The largest absolute Gasteiger partial charge is 0.474 e. The van der Waals surface area contributed by atoms with E-state index in [1.54, 1.807) is 24.3 Å². The summed E-state index contributed by atoms with van der Waals surface area (Å²) in [4.78, 5) is 16.0. The topological polar surface area (TPSA) is 63.7 Å². The van der Waals surface area contributed by atoms with Gasteiger partial charge in [0.1, 0.15) is 17.1 Å². The molecule has 0 N–H and O–H groups in total. The molecule has 1 heterocycles. The highest BCUT2D eigenvalue weighted by Crippen LogP contribution is 2.47. The predicted octanol–water partition coefficient (Wildman–Crippen LogP) is 8.03. The number of hydrogen-bond donors (Lipinski definition) is 0. The number of nitrogens with zero attached hydrogens (tertiary/aromatic N) is 1. The number of anilines is 1. The van der Waals surface area contributed by atoms with Gasteiger partial charge < -0.3 is 4.74 Å². The van der Waals surface area contributed by atoms with E-state index in [4.69, 9.17) is 4.74 Å². The summed E-state index contributed by atoms with van der Waals surface area (Å²) in [6, 6.07) is 42.8. The molecular formula is C35H26BrNO4S. The summed E-state index contributed by atoms with van der Waals surface area (Å²) >= 11 is 3.40. The molecule has 5 aromatic rings. The van der Waals surface area contributed by atoms with Gasteiger partial charge in [-0.25, -0.2) is 8.42 Å². The average Bonchev–Trinajstić information content (AvgIpc) is 3.34. The first-order valence-electron chi connectivity index (χ1n) is 13.4. The van der Waals surface area contributed by atoms with Crippen molar-refractivity contribution in [1.82, 2.24) is 0 Å². The highest BCUT2D eigenvalue weighted by Gasteiger charge is 2.49. The highest BCUT2D eigenvalue weighted by atomic mass is 79.9. The molecule has 5 nitrogen and oxygen atoms in total. The van der Waals surface area contributed by atoms with Gasteiger partial charge in [0.2, 0.25) is 15.6 Å². The number of sulfone groups is 1. The minimum Gasteiger partial charge on any atom is -0.474 e. The molecule has 0 aliphatic carbocycles. The molecule has 0 aromatic heterocycles. The molecule has 7 heteroatoms. The van der Waals surface area contributed by atoms with E-state index in [0.29, 0.717) is 11.3 Å². The van der Waals surface area contributed by atoms with Crippen LogP contribution in [0.4, 0.5) is 5.69 Å². The van der Waals surface area contributed by atoms with Crippen LogP contribution in [-0.4, -0.2) is 14.3 Å². The van der Waals surface area contributed by atoms with Crippen LogP contribution < -0.4 is 4.90 Å². The summed E-state index contributed by atoms with van der Waals surface area (Å²) in [7, 11) is -4.21. The van der Waals surface area contributed by atoms with Crippen molar-refractivity contribution in [2.24, 2.45) is 0 Å². The Morgan fingerprint density at radius 3 is 1.64 bits per heavy atom. The first kappa shape index (κ1) is 27.7. The first-order chi connectivity index (χ1) is 20.4. The third kappa shape index (κ3) is 5.29. The van der Waals surface area contributed by atoms with Crippen LogP contribution in [0.25, 0.3) is 0 Å². The molecule has 0 bridgehead atoms. The van der Waals surface area contributed by atoms with Crippen molar-refractivity contribution in [3.05, 3.63) is 177 Å². The number of benzene rings is 5. The van der Waals surface area contributed by atoms with Gasteiger partial charge in [-0.15, -0.1) is 0 Å². The van der Waals surface area contributed by atoms with Crippen molar-refractivity contribution in [3.63, 3.8) is 0 Å². The van der Waals surface area contributed by atoms with Gasteiger partial charge in [-0.1, -0.05) is 125 Å². The number of rotatable bonds is 8. The van der Waals surface area contributed by atoms with E-state index in [1.807, 2.05) is 109 Å². The maximum Gasteiger partial charge on any atom is 0.295 e. The molecule has 0 radical (unpaired) electrons. The summed E-state index contributed by atoms with van der Waals surface area (Å²) in [6.45, 7) is 0. The summed E-state index contributed by atoms with van der Waals surface area (Å²) in [5.74, 6) is -0.726. The minimum atomic E-state index is -4.21. The number of ether oxygens (including phenoxy) is 1. The second-order valence-electron chi connectivity index (χ2n) is 9.79. The molecule has 0 saturated carbocycles. The van der Waals surface area contributed by atoms with E-state index in [2.05, 4.69) is 15.9 Å². The molecule has 0 spiro atoms. The van der Waals surface area contributed by atoms with Gasteiger partial charge >= 0.3 is 0 Å². The molecule has 1 atom stereocenters. The van der Waals surface area contributed by atoms with Crippen LogP contribution in [0.15, 0.2) is 166 Å². The van der Waals surface area contributed by atoms with Crippen molar-refractivity contribution >= 4 is 37.4 Å². The van der Waals surface area contributed by atoms with Gasteiger partial charge in [0, 0.05) is 10.2 Å². The Morgan fingerprint density at radius 1 is 0.643 bits per heavy atom. The summed E-state index contributed by atoms with van der Waals surface area (Å²) in [6.07, 6.45) is -0.728. The predicted molar refractivity (Wildman–Crippen MR) is 167 cm³/mol. The molecule has 1 amide bonds. The molecule has 42 heavy (non-hydrogen) atoms. The zero-order valence-corrected chi connectivity index (χ0v) is 24.8. The smallest absolute Gasteiger partial charge is 0.295 e. The van der Waals surface area contributed by atoms with E-state index < -0.39 is 27.9 Å². The van der Waals surface area contributed by atoms with Crippen molar-refractivity contribution in [3.8, 4) is 0 Å². The van der Waals surface area contributed by atoms with Crippen LogP contribution in [0, 0.1) is 0 Å². The van der Waals surface area contributed by atoms with E-state index >= 15 is 0 Å². The number of para-hydroxylation sites is 1. The van der Waals surface area contributed by atoms with Crippen LogP contribution in [0.1, 0.15) is 28.8 Å². The van der Waals surface area contributed by atoms with Gasteiger partial charge in [-0.3, -0.25) is 9.69 Å².